The van der Waals surface area contributed by atoms with E-state index >= 15 is 0 Å². The molecule has 1 N–H and O–H groups in total. The molecular weight excluding hydrogens is 390 g/mol. The summed E-state index contributed by atoms with van der Waals surface area (Å²) in [6.07, 6.45) is 0. The molecule has 2 aromatic rings. The van der Waals surface area contributed by atoms with Crippen molar-refractivity contribution < 1.29 is 23.9 Å². The van der Waals surface area contributed by atoms with E-state index in [2.05, 4.69) is 5.32 Å². The maximum atomic E-state index is 12.2. The molecule has 0 aliphatic rings. The topological polar surface area (TPSA) is 81.7 Å². The molecule has 0 aliphatic carbocycles. The lowest BCUT2D eigenvalue weighted by Crippen LogP contribution is -2.34. The molecule has 0 saturated carbocycles. The Hall–Kier alpha value is -2.67. The van der Waals surface area contributed by atoms with Crippen LogP contribution in [0.25, 0.3) is 0 Å². The summed E-state index contributed by atoms with van der Waals surface area (Å²) in [5.74, 6) is -0.373. The van der Waals surface area contributed by atoms with Crippen molar-refractivity contribution in [2.45, 2.75) is 41.2 Å². The van der Waals surface area contributed by atoms with E-state index in [1.165, 1.54) is 11.3 Å². The number of thiophene rings is 1. The summed E-state index contributed by atoms with van der Waals surface area (Å²) in [6.45, 7) is 9.22. The predicted molar refractivity (Wildman–Crippen MR) is 112 cm³/mol. The second-order valence-electron chi connectivity index (χ2n) is 7.82. The minimum Gasteiger partial charge on any atom is -0.482 e. The van der Waals surface area contributed by atoms with Crippen LogP contribution in [0.4, 0.5) is 0 Å². The molecule has 29 heavy (non-hydrogen) atoms. The van der Waals surface area contributed by atoms with Gasteiger partial charge >= 0.3 is 5.97 Å². The van der Waals surface area contributed by atoms with Gasteiger partial charge in [-0.2, -0.15) is 0 Å². The number of ether oxygens (including phenoxy) is 2. The average Bonchev–Trinajstić information content (AvgIpc) is 3.13. The van der Waals surface area contributed by atoms with Crippen LogP contribution >= 0.6 is 11.3 Å². The summed E-state index contributed by atoms with van der Waals surface area (Å²) in [6, 6.07) is 9.00. The van der Waals surface area contributed by atoms with Gasteiger partial charge in [-0.25, -0.2) is 4.79 Å². The van der Waals surface area contributed by atoms with Gasteiger partial charge in [-0.15, -0.1) is 11.3 Å². The Bertz CT molecular complexity index is 895. The summed E-state index contributed by atoms with van der Waals surface area (Å²) < 4.78 is 10.4. The zero-order valence-corrected chi connectivity index (χ0v) is 18.3. The molecule has 0 atom stereocenters. The van der Waals surface area contributed by atoms with Gasteiger partial charge in [0.2, 0.25) is 11.7 Å². The molecular formula is C22H27NO5S. The van der Waals surface area contributed by atoms with E-state index in [-0.39, 0.29) is 24.9 Å². The number of Topliss-reactive ketones (excluding diaryl/α,β-unsaturated/α-hetero) is 1. The van der Waals surface area contributed by atoms with Gasteiger partial charge in [0.1, 0.15) is 5.75 Å². The zero-order valence-electron chi connectivity index (χ0n) is 17.5. The van der Waals surface area contributed by atoms with E-state index < -0.39 is 11.4 Å². The fourth-order valence-electron chi connectivity index (χ4n) is 2.26. The highest BCUT2D eigenvalue weighted by Crippen LogP contribution is 2.19. The number of benzene rings is 1. The molecule has 0 radical (unpaired) electrons. The fraction of sp³-hybridized carbons (Fsp3) is 0.409. The highest BCUT2D eigenvalue weighted by Gasteiger charge is 2.21. The van der Waals surface area contributed by atoms with Crippen LogP contribution in [0.2, 0.25) is 0 Å². The molecule has 0 aliphatic heterocycles. The summed E-state index contributed by atoms with van der Waals surface area (Å²) >= 11 is 1.27. The normalized spacial score (nSPS) is 11.1. The van der Waals surface area contributed by atoms with E-state index in [0.717, 1.165) is 16.0 Å². The first kappa shape index (κ1) is 22.6. The fourth-order valence-corrected chi connectivity index (χ4v) is 3.13. The first-order valence-corrected chi connectivity index (χ1v) is 10.1. The number of esters is 1. The zero-order chi connectivity index (χ0) is 21.6. The Morgan fingerprint density at radius 2 is 1.72 bits per heavy atom. The first-order valence-electron chi connectivity index (χ1n) is 9.32. The third kappa shape index (κ3) is 7.02. The van der Waals surface area contributed by atoms with Gasteiger partial charge in [0, 0.05) is 10.3 Å². The molecule has 1 aromatic carbocycles. The van der Waals surface area contributed by atoms with Gasteiger partial charge in [-0.05, 0) is 49.2 Å². The lowest BCUT2D eigenvalue weighted by molar-refractivity contribution is -0.144. The summed E-state index contributed by atoms with van der Waals surface area (Å²) in [4.78, 5) is 37.3. The summed E-state index contributed by atoms with van der Waals surface area (Å²) in [7, 11) is 0. The van der Waals surface area contributed by atoms with Crippen LogP contribution < -0.4 is 10.1 Å². The second-order valence-corrected chi connectivity index (χ2v) is 8.99. The molecule has 0 fully saturated rings. The number of hydrogen-bond donors (Lipinski definition) is 1. The molecule has 2 rings (SSSR count). The van der Waals surface area contributed by atoms with Crippen LogP contribution in [0.15, 0.2) is 30.3 Å². The monoisotopic (exact) mass is 417 g/mol. The molecule has 6 nitrogen and oxygen atoms in total. The highest BCUT2D eigenvalue weighted by molar-refractivity contribution is 7.14. The molecule has 1 heterocycles. The summed E-state index contributed by atoms with van der Waals surface area (Å²) in [5.41, 5.74) is 1.74. The molecule has 1 aromatic heterocycles. The van der Waals surface area contributed by atoms with Crippen LogP contribution in [0.5, 0.6) is 5.75 Å². The Kier molecular flexibility index (Phi) is 7.56. The Morgan fingerprint density at radius 3 is 2.38 bits per heavy atom. The number of aryl methyl sites for hydroxylation is 2. The van der Waals surface area contributed by atoms with E-state index in [4.69, 9.17) is 9.47 Å². The van der Waals surface area contributed by atoms with Gasteiger partial charge < -0.3 is 14.8 Å². The number of carbonyl (C=O) groups excluding carboxylic acids is 3. The van der Waals surface area contributed by atoms with Crippen molar-refractivity contribution >= 4 is 29.0 Å². The Labute approximate surface area is 175 Å². The SMILES string of the molecule is Cc1ccc(OCC(=O)OCC(=O)c2ccc(CNC(=O)C(C)(C)C)s2)cc1C. The number of hydrogen-bond acceptors (Lipinski definition) is 6. The highest BCUT2D eigenvalue weighted by atomic mass is 32.1. The second kappa shape index (κ2) is 9.69. The predicted octanol–water partition coefficient (Wildman–Crippen LogP) is 3.83. The number of ketones is 1. The minimum absolute atomic E-state index is 0.0588. The molecule has 1 amide bonds. The van der Waals surface area contributed by atoms with E-state index in [9.17, 15) is 14.4 Å². The number of amides is 1. The lowest BCUT2D eigenvalue weighted by atomic mass is 9.96. The largest absolute Gasteiger partial charge is 0.482 e. The van der Waals surface area contributed by atoms with Gasteiger partial charge in [0.05, 0.1) is 11.4 Å². The van der Waals surface area contributed by atoms with Crippen molar-refractivity contribution in [3.8, 4) is 5.75 Å². The summed E-state index contributed by atoms with van der Waals surface area (Å²) in [5, 5.41) is 2.84. The third-order valence-electron chi connectivity index (χ3n) is 4.24. The van der Waals surface area contributed by atoms with Crippen molar-refractivity contribution in [2.24, 2.45) is 5.41 Å². The van der Waals surface area contributed by atoms with Crippen molar-refractivity contribution in [3.63, 3.8) is 0 Å². The van der Waals surface area contributed by atoms with E-state index in [1.54, 1.807) is 18.2 Å². The molecule has 7 heteroatoms. The van der Waals surface area contributed by atoms with Gasteiger partial charge in [-0.3, -0.25) is 9.59 Å². The minimum atomic E-state index is -0.606. The van der Waals surface area contributed by atoms with Crippen LogP contribution in [0.1, 0.15) is 46.4 Å². The maximum Gasteiger partial charge on any atom is 0.344 e. The van der Waals surface area contributed by atoms with Gasteiger partial charge in [0.25, 0.3) is 0 Å². The number of rotatable bonds is 8. The third-order valence-corrected chi connectivity index (χ3v) is 5.37. The maximum absolute atomic E-state index is 12.2. The first-order chi connectivity index (χ1) is 13.6. The van der Waals surface area contributed by atoms with Crippen LogP contribution in [0, 0.1) is 19.3 Å². The van der Waals surface area contributed by atoms with Crippen molar-refractivity contribution in [2.75, 3.05) is 13.2 Å². The van der Waals surface area contributed by atoms with Crippen molar-refractivity contribution in [1.82, 2.24) is 5.32 Å². The molecule has 0 unspecified atom stereocenters. The van der Waals surface area contributed by atoms with Crippen LogP contribution in [-0.4, -0.2) is 30.9 Å². The van der Waals surface area contributed by atoms with E-state index in [0.29, 0.717) is 17.2 Å². The quantitative estimate of drug-likeness (QED) is 0.521. The lowest BCUT2D eigenvalue weighted by Gasteiger charge is -2.17. The molecule has 156 valence electrons. The molecule has 0 bridgehead atoms. The van der Waals surface area contributed by atoms with Crippen molar-refractivity contribution in [1.29, 1.82) is 0 Å². The molecule has 0 spiro atoms. The molecule has 0 saturated heterocycles. The van der Waals surface area contributed by atoms with Crippen LogP contribution in [-0.2, 0) is 20.9 Å². The Balaban J connectivity index is 1.77. The smallest absolute Gasteiger partial charge is 0.344 e. The van der Waals surface area contributed by atoms with E-state index in [1.807, 2.05) is 46.8 Å². The number of carbonyl (C=O) groups is 3. The average molecular weight is 418 g/mol. The standard InChI is InChI=1S/C22H27NO5S/c1-14-6-7-16(10-15(14)2)27-13-20(25)28-12-18(24)19-9-8-17(29-19)11-23-21(26)22(3,4)5/h6-10H,11-13H2,1-5H3,(H,23,26). The number of nitrogens with one attached hydrogen (secondary N) is 1. The van der Waals surface area contributed by atoms with Gasteiger partial charge in [0.15, 0.2) is 13.2 Å². The van der Waals surface area contributed by atoms with Crippen molar-refractivity contribution in [3.05, 3.63) is 51.2 Å². The van der Waals surface area contributed by atoms with Crippen LogP contribution in [0.3, 0.4) is 0 Å². The van der Waals surface area contributed by atoms with Gasteiger partial charge in [-0.1, -0.05) is 26.8 Å². The Morgan fingerprint density at radius 1 is 1.00 bits per heavy atom.